The summed E-state index contributed by atoms with van der Waals surface area (Å²) in [5.74, 6) is -0.148. The first-order valence-electron chi connectivity index (χ1n) is 12.2. The molecule has 37 heavy (non-hydrogen) atoms. The van der Waals surface area contributed by atoms with Crippen molar-refractivity contribution in [1.82, 2.24) is 14.5 Å². The van der Waals surface area contributed by atoms with Crippen molar-refractivity contribution in [3.63, 3.8) is 0 Å². The van der Waals surface area contributed by atoms with Gasteiger partial charge in [0.05, 0.1) is 30.8 Å². The summed E-state index contributed by atoms with van der Waals surface area (Å²) >= 11 is 1.37. The Balaban J connectivity index is 1.80. The van der Waals surface area contributed by atoms with Gasteiger partial charge in [-0.15, -0.1) is 11.3 Å². The molecule has 2 N–H and O–H groups in total. The minimum Gasteiger partial charge on any atom is -0.465 e. The molecule has 0 aliphatic carbocycles. The van der Waals surface area contributed by atoms with E-state index >= 15 is 0 Å². The van der Waals surface area contributed by atoms with Gasteiger partial charge in [-0.25, -0.2) is 9.78 Å². The summed E-state index contributed by atoms with van der Waals surface area (Å²) < 4.78 is 7.04. The van der Waals surface area contributed by atoms with E-state index in [1.807, 2.05) is 48.7 Å². The van der Waals surface area contributed by atoms with Gasteiger partial charge in [-0.05, 0) is 60.7 Å². The van der Waals surface area contributed by atoms with Crippen molar-refractivity contribution >= 4 is 33.4 Å². The van der Waals surface area contributed by atoms with Crippen LogP contribution in [0.25, 0.3) is 10.2 Å². The number of rotatable bonds is 10. The number of ether oxygens (including phenoxy) is 1. The van der Waals surface area contributed by atoms with Gasteiger partial charge >= 0.3 is 5.97 Å². The molecule has 0 aliphatic heterocycles. The summed E-state index contributed by atoms with van der Waals surface area (Å²) in [6, 6.07) is 17.5. The minimum atomic E-state index is -0.469. The maximum absolute atomic E-state index is 13.8. The Labute approximate surface area is 219 Å². The highest BCUT2D eigenvalue weighted by molar-refractivity contribution is 7.17. The highest BCUT2D eigenvalue weighted by Crippen LogP contribution is 2.27. The van der Waals surface area contributed by atoms with Crippen molar-refractivity contribution in [1.29, 1.82) is 0 Å². The van der Waals surface area contributed by atoms with Crippen molar-refractivity contribution < 1.29 is 14.3 Å². The van der Waals surface area contributed by atoms with Gasteiger partial charge in [0.1, 0.15) is 10.5 Å². The molecule has 0 fully saturated rings. The average molecular weight is 519 g/mol. The molecule has 4 rings (SSSR count). The lowest BCUT2D eigenvalue weighted by atomic mass is 10.1. The molecule has 0 radical (unpaired) electrons. The van der Waals surface area contributed by atoms with Crippen LogP contribution in [0.3, 0.4) is 0 Å². The molecule has 2 aromatic carbocycles. The third-order valence-corrected chi connectivity index (χ3v) is 7.15. The van der Waals surface area contributed by atoms with Crippen molar-refractivity contribution in [3.05, 3.63) is 98.9 Å². The first kappa shape index (κ1) is 26.2. The van der Waals surface area contributed by atoms with Crippen LogP contribution >= 0.6 is 11.3 Å². The van der Waals surface area contributed by atoms with E-state index in [9.17, 15) is 14.4 Å². The van der Waals surface area contributed by atoms with E-state index in [-0.39, 0.29) is 11.5 Å². The van der Waals surface area contributed by atoms with Gasteiger partial charge in [0, 0.05) is 12.1 Å². The molecule has 0 saturated carbocycles. The lowest BCUT2D eigenvalue weighted by molar-refractivity contribution is 0.0598. The monoisotopic (exact) mass is 518 g/mol. The fraction of sp³-hybridized carbons (Fsp3) is 0.286. The summed E-state index contributed by atoms with van der Waals surface area (Å²) in [7, 11) is 1.31. The Morgan fingerprint density at radius 1 is 1.08 bits per heavy atom. The number of carbonyl (C=O) groups excluding carboxylic acids is 2. The molecule has 9 heteroatoms. The molecule has 0 bridgehead atoms. The van der Waals surface area contributed by atoms with E-state index in [0.717, 1.165) is 5.56 Å². The van der Waals surface area contributed by atoms with Crippen LogP contribution in [0.15, 0.2) is 70.8 Å². The third kappa shape index (κ3) is 5.63. The molecule has 1 atom stereocenters. The zero-order valence-corrected chi connectivity index (χ0v) is 21.7. The van der Waals surface area contributed by atoms with Gasteiger partial charge in [0.2, 0.25) is 0 Å². The second-order valence-corrected chi connectivity index (χ2v) is 9.53. The van der Waals surface area contributed by atoms with E-state index < -0.39 is 12.0 Å². The second-order valence-electron chi connectivity index (χ2n) is 8.62. The molecular formula is C28H30N4O4S. The van der Waals surface area contributed by atoms with Crippen LogP contribution < -0.4 is 11.3 Å². The summed E-state index contributed by atoms with van der Waals surface area (Å²) in [5.41, 5.74) is 8.09. The molecule has 0 aliphatic rings. The molecule has 1 amide bonds. The van der Waals surface area contributed by atoms with Crippen LogP contribution in [-0.4, -0.2) is 46.5 Å². The number of fused-ring (bicyclic) bond motifs is 1. The summed E-state index contributed by atoms with van der Waals surface area (Å²) in [6.45, 7) is 3.13. The zero-order valence-electron chi connectivity index (χ0n) is 20.9. The Kier molecular flexibility index (Phi) is 8.47. The minimum absolute atomic E-state index is 0.119. The Hall–Kier alpha value is -3.82. The van der Waals surface area contributed by atoms with Crippen LogP contribution in [0, 0.1) is 0 Å². The average Bonchev–Trinajstić information content (AvgIpc) is 3.41. The van der Waals surface area contributed by atoms with Crippen LogP contribution in [0.2, 0.25) is 0 Å². The topological polar surface area (TPSA) is 108 Å². The molecule has 192 valence electrons. The highest BCUT2D eigenvalue weighted by Gasteiger charge is 2.29. The smallest absolute Gasteiger partial charge is 0.337 e. The largest absolute Gasteiger partial charge is 0.465 e. The van der Waals surface area contributed by atoms with E-state index in [0.29, 0.717) is 59.6 Å². The predicted octanol–water partition coefficient (Wildman–Crippen LogP) is 4.24. The lowest BCUT2D eigenvalue weighted by Crippen LogP contribution is -2.40. The third-order valence-electron chi connectivity index (χ3n) is 6.26. The number of benzene rings is 2. The standard InChI is InChI=1S/C28H30N4O4S/c1-3-23(31(16-7-15-29)26(33)20-10-12-21(13-11-20)28(35)36-2)25-30-22-14-17-37-24(22)27(34)32(25)18-19-8-5-4-6-9-19/h4-6,8-14,17,23H,3,7,15-16,18,29H2,1-2H3. The molecule has 0 spiro atoms. The highest BCUT2D eigenvalue weighted by atomic mass is 32.1. The van der Waals surface area contributed by atoms with Crippen molar-refractivity contribution in [3.8, 4) is 0 Å². The summed E-state index contributed by atoms with van der Waals surface area (Å²) in [6.07, 6.45) is 1.14. The molecular weight excluding hydrogens is 488 g/mol. The van der Waals surface area contributed by atoms with Crippen molar-refractivity contribution in [2.45, 2.75) is 32.4 Å². The van der Waals surface area contributed by atoms with E-state index in [2.05, 4.69) is 0 Å². The van der Waals surface area contributed by atoms with Gasteiger partial charge in [0.15, 0.2) is 0 Å². The SMILES string of the molecule is CCC(c1nc2ccsc2c(=O)n1Cc1ccccc1)N(CCCN)C(=O)c1ccc(C(=O)OC)cc1. The maximum atomic E-state index is 13.8. The quantitative estimate of drug-likeness (QED) is 0.315. The first-order chi connectivity index (χ1) is 18.0. The lowest BCUT2D eigenvalue weighted by Gasteiger charge is -2.32. The normalized spacial score (nSPS) is 11.9. The van der Waals surface area contributed by atoms with Crippen molar-refractivity contribution in [2.75, 3.05) is 20.2 Å². The molecule has 8 nitrogen and oxygen atoms in total. The first-order valence-corrected chi connectivity index (χ1v) is 13.1. The van der Waals surface area contributed by atoms with Gasteiger partial charge < -0.3 is 15.4 Å². The predicted molar refractivity (Wildman–Crippen MR) is 145 cm³/mol. The fourth-order valence-electron chi connectivity index (χ4n) is 4.37. The number of amides is 1. The number of carbonyl (C=O) groups is 2. The van der Waals surface area contributed by atoms with Gasteiger partial charge in [-0.3, -0.25) is 14.2 Å². The second kappa shape index (κ2) is 11.9. The van der Waals surface area contributed by atoms with Crippen LogP contribution in [-0.2, 0) is 11.3 Å². The Morgan fingerprint density at radius 3 is 2.43 bits per heavy atom. The van der Waals surface area contributed by atoms with Gasteiger partial charge in [0.25, 0.3) is 11.5 Å². The van der Waals surface area contributed by atoms with Crippen LogP contribution in [0.4, 0.5) is 0 Å². The van der Waals surface area contributed by atoms with Crippen LogP contribution in [0.1, 0.15) is 57.9 Å². The Morgan fingerprint density at radius 2 is 1.78 bits per heavy atom. The van der Waals surface area contributed by atoms with Gasteiger partial charge in [-0.2, -0.15) is 0 Å². The van der Waals surface area contributed by atoms with Gasteiger partial charge in [-0.1, -0.05) is 37.3 Å². The number of esters is 1. The van der Waals surface area contributed by atoms with E-state index in [1.54, 1.807) is 33.7 Å². The number of nitrogens with two attached hydrogens (primary N) is 1. The molecule has 0 saturated heterocycles. The number of nitrogens with zero attached hydrogens (tertiary/aromatic N) is 3. The number of aromatic nitrogens is 2. The number of thiophene rings is 1. The van der Waals surface area contributed by atoms with Crippen molar-refractivity contribution in [2.24, 2.45) is 5.73 Å². The number of hydrogen-bond donors (Lipinski definition) is 1. The van der Waals surface area contributed by atoms with E-state index in [1.165, 1.54) is 18.4 Å². The Bertz CT molecular complexity index is 1430. The zero-order chi connectivity index (χ0) is 26.4. The maximum Gasteiger partial charge on any atom is 0.337 e. The molecule has 2 aromatic heterocycles. The molecule has 1 unspecified atom stereocenters. The van der Waals surface area contributed by atoms with E-state index in [4.69, 9.17) is 15.5 Å². The summed E-state index contributed by atoms with van der Waals surface area (Å²) in [4.78, 5) is 45.9. The number of hydrogen-bond acceptors (Lipinski definition) is 7. The molecule has 4 aromatic rings. The van der Waals surface area contributed by atoms with Crippen LogP contribution in [0.5, 0.6) is 0 Å². The molecule has 2 heterocycles. The fourth-order valence-corrected chi connectivity index (χ4v) is 5.15. The number of methoxy groups -OCH3 is 1. The summed E-state index contributed by atoms with van der Waals surface area (Å²) in [5, 5.41) is 1.86.